The number of quaternary nitrogens is 1. The van der Waals surface area contributed by atoms with Gasteiger partial charge in [-0.1, -0.05) is 6.58 Å². The molecule has 5 heteroatoms. The van der Waals surface area contributed by atoms with E-state index in [4.69, 9.17) is 0 Å². The zero-order valence-electron chi connectivity index (χ0n) is 8.84. The maximum absolute atomic E-state index is 12.1. The maximum atomic E-state index is 12.1. The minimum Gasteiger partial charge on any atom is -0.631 e. The highest BCUT2D eigenvalue weighted by molar-refractivity contribution is 5.85. The van der Waals surface area contributed by atoms with Gasteiger partial charge in [-0.25, -0.2) is 0 Å². The van der Waals surface area contributed by atoms with Crippen LogP contribution in [0, 0.1) is 5.21 Å². The van der Waals surface area contributed by atoms with E-state index in [9.17, 15) is 5.21 Å². The molecule has 0 aromatic rings. The molecule has 0 spiro atoms. The fourth-order valence-electron chi connectivity index (χ4n) is 2.08. The van der Waals surface area contributed by atoms with Crippen LogP contribution in [0.3, 0.4) is 0 Å². The van der Waals surface area contributed by atoms with Crippen molar-refractivity contribution < 1.29 is 4.65 Å². The molecular weight excluding hydrogens is 214 g/mol. The normalized spacial score (nSPS) is 23.0. The van der Waals surface area contributed by atoms with Gasteiger partial charge >= 0.3 is 0 Å². The Labute approximate surface area is 97.0 Å². The van der Waals surface area contributed by atoms with Gasteiger partial charge in [-0.15, -0.1) is 12.4 Å². The summed E-state index contributed by atoms with van der Waals surface area (Å²) in [6, 6.07) is 0. The summed E-state index contributed by atoms with van der Waals surface area (Å²) in [4.78, 5) is 4.03. The van der Waals surface area contributed by atoms with E-state index in [1.54, 1.807) is 6.20 Å². The van der Waals surface area contributed by atoms with Crippen LogP contribution in [0.15, 0.2) is 25.2 Å². The third-order valence-corrected chi connectivity index (χ3v) is 2.87. The van der Waals surface area contributed by atoms with Crippen LogP contribution in [-0.4, -0.2) is 40.9 Å². The molecule has 0 N–H and O–H groups in total. The molecule has 0 aliphatic carbocycles. The fourth-order valence-corrected chi connectivity index (χ4v) is 2.08. The summed E-state index contributed by atoms with van der Waals surface area (Å²) in [5, 5.41) is 12.1. The Morgan fingerprint density at radius 3 is 2.53 bits per heavy atom. The molecule has 2 heterocycles. The van der Waals surface area contributed by atoms with Crippen LogP contribution in [0.4, 0.5) is 0 Å². The first-order valence-corrected chi connectivity index (χ1v) is 5.10. The summed E-state index contributed by atoms with van der Waals surface area (Å²) in [5.74, 6) is 0. The molecule has 0 unspecified atom stereocenters. The molecule has 0 aromatic heterocycles. The lowest BCUT2D eigenvalue weighted by atomic mass is 10.4. The minimum absolute atomic E-state index is 0. The smallest absolute Gasteiger partial charge is 0.155 e. The Morgan fingerprint density at radius 1 is 1.33 bits per heavy atom. The zero-order valence-corrected chi connectivity index (χ0v) is 9.66. The molecule has 0 atom stereocenters. The van der Waals surface area contributed by atoms with Gasteiger partial charge in [-0.2, -0.15) is 0 Å². The average molecular weight is 232 g/mol. The third kappa shape index (κ3) is 2.87. The first-order chi connectivity index (χ1) is 6.72. The first kappa shape index (κ1) is 12.4. The number of nitrogens with zero attached hydrogens (tertiary/aromatic N) is 3. The van der Waals surface area contributed by atoms with Gasteiger partial charge in [0, 0.05) is 25.2 Å². The zero-order chi connectivity index (χ0) is 10.0. The molecule has 0 radical (unpaired) electrons. The van der Waals surface area contributed by atoms with Crippen molar-refractivity contribution in [3.8, 4) is 0 Å². The van der Waals surface area contributed by atoms with Gasteiger partial charge < -0.3 is 19.7 Å². The molecule has 0 aromatic carbocycles. The summed E-state index contributed by atoms with van der Waals surface area (Å²) in [6.45, 7) is 6.60. The molecule has 2 rings (SSSR count). The molecule has 1 fully saturated rings. The van der Waals surface area contributed by atoms with Crippen molar-refractivity contribution in [1.29, 1.82) is 0 Å². The second-order valence-corrected chi connectivity index (χ2v) is 4.08. The number of hydrogen-bond donors (Lipinski definition) is 0. The molecule has 4 nitrogen and oxygen atoms in total. The van der Waals surface area contributed by atoms with E-state index >= 15 is 0 Å². The van der Waals surface area contributed by atoms with E-state index in [0.717, 1.165) is 32.6 Å². The lowest BCUT2D eigenvalue weighted by Crippen LogP contribution is -2.46. The fraction of sp³-hybridized carbons (Fsp3) is 0.600. The second-order valence-electron chi connectivity index (χ2n) is 4.08. The molecule has 0 amide bonds. The van der Waals surface area contributed by atoms with Gasteiger partial charge in [0.15, 0.2) is 6.67 Å². The van der Waals surface area contributed by atoms with Crippen molar-refractivity contribution in [2.75, 3.05) is 26.4 Å². The topological polar surface area (TPSA) is 29.5 Å². The first-order valence-electron chi connectivity index (χ1n) is 5.10. The summed E-state index contributed by atoms with van der Waals surface area (Å²) in [5.41, 5.74) is 0. The Bertz CT molecular complexity index is 251. The molecule has 0 saturated carbocycles. The molecule has 2 aliphatic rings. The van der Waals surface area contributed by atoms with Gasteiger partial charge in [0.1, 0.15) is 0 Å². The Morgan fingerprint density at radius 2 is 2.00 bits per heavy atom. The monoisotopic (exact) mass is 231 g/mol. The maximum Gasteiger partial charge on any atom is 0.155 e. The van der Waals surface area contributed by atoms with Crippen LogP contribution in [0.1, 0.15) is 12.8 Å². The summed E-state index contributed by atoms with van der Waals surface area (Å²) in [6.07, 6.45) is 7.85. The predicted molar refractivity (Wildman–Crippen MR) is 62.6 cm³/mol. The van der Waals surface area contributed by atoms with Crippen LogP contribution in [-0.2, 0) is 0 Å². The third-order valence-electron chi connectivity index (χ3n) is 2.87. The highest BCUT2D eigenvalue weighted by Crippen LogP contribution is 2.19. The van der Waals surface area contributed by atoms with Crippen LogP contribution in [0.25, 0.3) is 0 Å². The molecular formula is C10H18ClN3O. The Hall–Kier alpha value is -0.710. The molecule has 1 saturated heterocycles. The van der Waals surface area contributed by atoms with E-state index in [2.05, 4.69) is 11.5 Å². The number of hydroxylamine groups is 3. The molecule has 86 valence electrons. The van der Waals surface area contributed by atoms with E-state index in [1.807, 2.05) is 17.3 Å². The summed E-state index contributed by atoms with van der Waals surface area (Å²) >= 11 is 0. The van der Waals surface area contributed by atoms with Crippen LogP contribution in [0.5, 0.6) is 0 Å². The van der Waals surface area contributed by atoms with E-state index in [1.165, 1.54) is 0 Å². The SMILES string of the molecule is C=CN1C=CN(C[N+]2([O-])CCCC2)C1.Cl. The lowest BCUT2D eigenvalue weighted by Gasteiger charge is -2.41. The van der Waals surface area contributed by atoms with Gasteiger partial charge in [-0.05, 0) is 6.20 Å². The van der Waals surface area contributed by atoms with Gasteiger partial charge in [0.25, 0.3) is 0 Å². The Balaban J connectivity index is 0.00000112. The van der Waals surface area contributed by atoms with E-state index in [-0.39, 0.29) is 17.1 Å². The highest BCUT2D eigenvalue weighted by atomic mass is 35.5. The Kier molecular flexibility index (Phi) is 4.02. The number of likely N-dealkylation sites (tertiary alicyclic amines) is 1. The van der Waals surface area contributed by atoms with E-state index < -0.39 is 0 Å². The largest absolute Gasteiger partial charge is 0.631 e. The van der Waals surface area contributed by atoms with Crippen LogP contribution in [0.2, 0.25) is 0 Å². The van der Waals surface area contributed by atoms with Crippen molar-refractivity contribution in [3.05, 3.63) is 30.4 Å². The minimum atomic E-state index is -0.0463. The number of rotatable bonds is 3. The van der Waals surface area contributed by atoms with E-state index in [0.29, 0.717) is 6.67 Å². The van der Waals surface area contributed by atoms with Gasteiger partial charge in [0.2, 0.25) is 0 Å². The summed E-state index contributed by atoms with van der Waals surface area (Å²) < 4.78 is -0.0463. The van der Waals surface area contributed by atoms with Crippen molar-refractivity contribution in [1.82, 2.24) is 9.80 Å². The average Bonchev–Trinajstić information content (AvgIpc) is 2.75. The van der Waals surface area contributed by atoms with Crippen LogP contribution < -0.4 is 0 Å². The number of hydrogen-bond acceptors (Lipinski definition) is 3. The van der Waals surface area contributed by atoms with Crippen molar-refractivity contribution in [3.63, 3.8) is 0 Å². The molecule has 0 bridgehead atoms. The highest BCUT2D eigenvalue weighted by Gasteiger charge is 2.25. The summed E-state index contributed by atoms with van der Waals surface area (Å²) in [7, 11) is 0. The second kappa shape index (κ2) is 4.88. The quantitative estimate of drug-likeness (QED) is 0.547. The number of halogens is 1. The van der Waals surface area contributed by atoms with Crippen molar-refractivity contribution >= 4 is 12.4 Å². The van der Waals surface area contributed by atoms with Gasteiger partial charge in [-0.3, -0.25) is 0 Å². The molecule has 15 heavy (non-hydrogen) atoms. The lowest BCUT2D eigenvalue weighted by molar-refractivity contribution is -0.877. The standard InChI is InChI=1S/C10H17N3O.ClH/c1-2-11-5-6-12(9-11)10-13(14)7-3-4-8-13;/h2,5-6H,1,3-4,7-10H2;1H. The van der Waals surface area contributed by atoms with Crippen LogP contribution >= 0.6 is 12.4 Å². The van der Waals surface area contributed by atoms with Crippen molar-refractivity contribution in [2.24, 2.45) is 0 Å². The predicted octanol–water partition coefficient (Wildman–Crippen LogP) is 1.66. The van der Waals surface area contributed by atoms with Crippen molar-refractivity contribution in [2.45, 2.75) is 12.8 Å². The molecule has 2 aliphatic heterocycles. The van der Waals surface area contributed by atoms with Gasteiger partial charge in [0.05, 0.1) is 19.8 Å².